The van der Waals surface area contributed by atoms with Gasteiger partial charge in [-0.1, -0.05) is 36.4 Å². The van der Waals surface area contributed by atoms with Crippen molar-refractivity contribution in [1.82, 2.24) is 14.8 Å². The number of thiazole rings is 1. The Hall–Kier alpha value is -3.26. The Balaban J connectivity index is 1.65. The van der Waals surface area contributed by atoms with E-state index in [1.54, 1.807) is 6.92 Å². The molecule has 0 saturated heterocycles. The van der Waals surface area contributed by atoms with E-state index in [1.807, 2.05) is 54.8 Å². The van der Waals surface area contributed by atoms with Gasteiger partial charge in [-0.3, -0.25) is 9.89 Å². The molecule has 29 heavy (non-hydrogen) atoms. The summed E-state index contributed by atoms with van der Waals surface area (Å²) >= 11 is 1.39. The second-order valence-electron chi connectivity index (χ2n) is 6.49. The SMILES string of the molecule is CCOC1=C(N=Nc2c(C)[nH]n(-c3nc(-c4ccccc4)cs3)c2=O)C=CCC1. The number of aromatic nitrogens is 3. The smallest absolute Gasteiger partial charge is 0.301 e. The maximum Gasteiger partial charge on any atom is 0.301 e. The molecule has 0 atom stereocenters. The van der Waals surface area contributed by atoms with Gasteiger partial charge in [0.2, 0.25) is 5.13 Å². The third-order valence-electron chi connectivity index (χ3n) is 4.47. The van der Waals surface area contributed by atoms with E-state index in [1.165, 1.54) is 16.0 Å². The van der Waals surface area contributed by atoms with Gasteiger partial charge in [0.25, 0.3) is 0 Å². The lowest BCUT2D eigenvalue weighted by Crippen LogP contribution is -2.13. The highest BCUT2D eigenvalue weighted by atomic mass is 32.1. The number of benzene rings is 1. The number of allylic oxidation sites excluding steroid dienone is 3. The van der Waals surface area contributed by atoms with Crippen molar-refractivity contribution in [2.24, 2.45) is 10.2 Å². The normalized spacial score (nSPS) is 14.1. The highest BCUT2D eigenvalue weighted by molar-refractivity contribution is 7.12. The molecule has 2 heterocycles. The molecule has 8 heteroatoms. The van der Waals surface area contributed by atoms with E-state index >= 15 is 0 Å². The van der Waals surface area contributed by atoms with Crippen molar-refractivity contribution in [3.05, 3.63) is 75.4 Å². The molecule has 148 valence electrons. The number of azo groups is 1. The summed E-state index contributed by atoms with van der Waals surface area (Å²) in [6.45, 7) is 4.31. The first-order chi connectivity index (χ1) is 14.2. The van der Waals surface area contributed by atoms with Crippen LogP contribution < -0.4 is 5.56 Å². The summed E-state index contributed by atoms with van der Waals surface area (Å²) in [4.78, 5) is 17.5. The standard InChI is InChI=1S/C21H21N5O2S/c1-3-28-18-12-8-7-11-16(18)23-24-19-14(2)25-26(20(19)27)21-22-17(13-29-21)15-9-5-4-6-10-15/h4-7,9-11,13,25H,3,8,12H2,1-2H3. The van der Waals surface area contributed by atoms with Crippen LogP contribution in [0.5, 0.6) is 0 Å². The van der Waals surface area contributed by atoms with Gasteiger partial charge in [-0.15, -0.1) is 21.6 Å². The quantitative estimate of drug-likeness (QED) is 0.564. The maximum atomic E-state index is 12.9. The Bertz CT molecular complexity index is 1150. The van der Waals surface area contributed by atoms with E-state index in [2.05, 4.69) is 20.3 Å². The molecule has 0 bridgehead atoms. The molecule has 0 saturated carbocycles. The number of nitrogens with one attached hydrogen (secondary N) is 1. The number of hydrogen-bond donors (Lipinski definition) is 1. The van der Waals surface area contributed by atoms with E-state index in [4.69, 9.17) is 4.74 Å². The van der Waals surface area contributed by atoms with Gasteiger partial charge in [-0.05, 0) is 26.3 Å². The van der Waals surface area contributed by atoms with Crippen molar-refractivity contribution in [1.29, 1.82) is 0 Å². The number of rotatable bonds is 6. The number of nitrogens with zero attached hydrogens (tertiary/aromatic N) is 4. The average molecular weight is 407 g/mol. The minimum absolute atomic E-state index is 0.267. The van der Waals surface area contributed by atoms with Gasteiger partial charge in [0.15, 0.2) is 5.69 Å². The van der Waals surface area contributed by atoms with Crippen molar-refractivity contribution in [3.8, 4) is 16.4 Å². The monoisotopic (exact) mass is 407 g/mol. The molecule has 0 unspecified atom stereocenters. The highest BCUT2D eigenvalue weighted by Gasteiger charge is 2.16. The van der Waals surface area contributed by atoms with Crippen molar-refractivity contribution < 1.29 is 4.74 Å². The third kappa shape index (κ3) is 3.97. The predicted octanol–water partition coefficient (Wildman–Crippen LogP) is 5.28. The summed E-state index contributed by atoms with van der Waals surface area (Å²) in [5, 5.41) is 14.0. The number of aromatic amines is 1. The van der Waals surface area contributed by atoms with Crippen LogP contribution in [0, 0.1) is 6.92 Å². The van der Waals surface area contributed by atoms with Gasteiger partial charge in [-0.2, -0.15) is 4.68 Å². The molecule has 0 fully saturated rings. The highest BCUT2D eigenvalue weighted by Crippen LogP contribution is 2.25. The lowest BCUT2D eigenvalue weighted by molar-refractivity contribution is 0.214. The Kier molecular flexibility index (Phi) is 5.53. The molecule has 3 aromatic rings. The van der Waals surface area contributed by atoms with Crippen LogP contribution in [-0.4, -0.2) is 21.4 Å². The molecule has 1 aromatic carbocycles. The fourth-order valence-corrected chi connectivity index (χ4v) is 3.83. The minimum Gasteiger partial charge on any atom is -0.496 e. The van der Waals surface area contributed by atoms with Crippen LogP contribution in [0.15, 0.2) is 74.3 Å². The summed E-state index contributed by atoms with van der Waals surface area (Å²) in [6.07, 6.45) is 5.61. The Labute approximate surface area is 172 Å². The van der Waals surface area contributed by atoms with Crippen LogP contribution in [0.3, 0.4) is 0 Å². The van der Waals surface area contributed by atoms with Gasteiger partial charge in [0.05, 0.1) is 18.0 Å². The van der Waals surface area contributed by atoms with Crippen molar-refractivity contribution in [3.63, 3.8) is 0 Å². The Morgan fingerprint density at radius 3 is 2.90 bits per heavy atom. The topological polar surface area (TPSA) is 84.6 Å². The van der Waals surface area contributed by atoms with E-state index < -0.39 is 0 Å². The molecule has 0 amide bonds. The molecule has 0 aliphatic heterocycles. The Morgan fingerprint density at radius 1 is 1.28 bits per heavy atom. The molecule has 2 aromatic heterocycles. The van der Waals surface area contributed by atoms with Crippen molar-refractivity contribution in [2.45, 2.75) is 26.7 Å². The fraction of sp³-hybridized carbons (Fsp3) is 0.238. The number of H-pyrrole nitrogens is 1. The zero-order valence-electron chi connectivity index (χ0n) is 16.3. The second-order valence-corrected chi connectivity index (χ2v) is 7.33. The summed E-state index contributed by atoms with van der Waals surface area (Å²) in [7, 11) is 0. The Morgan fingerprint density at radius 2 is 2.10 bits per heavy atom. The second kappa shape index (κ2) is 8.40. The van der Waals surface area contributed by atoms with Crippen LogP contribution in [-0.2, 0) is 4.74 Å². The van der Waals surface area contributed by atoms with Gasteiger partial charge in [0, 0.05) is 17.4 Å². The third-order valence-corrected chi connectivity index (χ3v) is 5.29. The molecule has 7 nitrogen and oxygen atoms in total. The molecule has 4 rings (SSSR count). The average Bonchev–Trinajstić information content (AvgIpc) is 3.33. The fourth-order valence-electron chi connectivity index (χ4n) is 3.04. The molecular weight excluding hydrogens is 386 g/mol. The predicted molar refractivity (Wildman–Crippen MR) is 114 cm³/mol. The largest absolute Gasteiger partial charge is 0.496 e. The first-order valence-electron chi connectivity index (χ1n) is 9.44. The molecule has 0 spiro atoms. The molecule has 0 radical (unpaired) electrons. The lowest BCUT2D eigenvalue weighted by atomic mass is 10.1. The summed E-state index contributed by atoms with van der Waals surface area (Å²) in [5.74, 6) is 0.805. The first kappa shape index (κ1) is 19.1. The summed E-state index contributed by atoms with van der Waals surface area (Å²) in [6, 6.07) is 9.86. The van der Waals surface area contributed by atoms with Gasteiger partial charge in [-0.25, -0.2) is 4.98 Å². The van der Waals surface area contributed by atoms with E-state index in [9.17, 15) is 4.79 Å². The molecule has 1 aliphatic rings. The lowest BCUT2D eigenvalue weighted by Gasteiger charge is -2.12. The molecule has 1 aliphatic carbocycles. The maximum absolute atomic E-state index is 12.9. The van der Waals surface area contributed by atoms with Crippen LogP contribution in [0.2, 0.25) is 0 Å². The van der Waals surface area contributed by atoms with E-state index in [-0.39, 0.29) is 11.2 Å². The van der Waals surface area contributed by atoms with E-state index in [0.29, 0.717) is 23.1 Å². The number of ether oxygens (including phenoxy) is 1. The zero-order chi connectivity index (χ0) is 20.2. The number of hydrogen-bond acceptors (Lipinski definition) is 6. The van der Waals surface area contributed by atoms with Gasteiger partial charge in [0.1, 0.15) is 11.5 Å². The van der Waals surface area contributed by atoms with Crippen LogP contribution >= 0.6 is 11.3 Å². The van der Waals surface area contributed by atoms with E-state index in [0.717, 1.165) is 29.9 Å². The summed E-state index contributed by atoms with van der Waals surface area (Å²) < 4.78 is 7.05. The van der Waals surface area contributed by atoms with Crippen LogP contribution in [0.4, 0.5) is 5.69 Å². The molecule has 1 N–H and O–H groups in total. The minimum atomic E-state index is -0.279. The van der Waals surface area contributed by atoms with Crippen molar-refractivity contribution >= 4 is 17.0 Å². The zero-order valence-corrected chi connectivity index (χ0v) is 17.1. The van der Waals surface area contributed by atoms with Gasteiger partial charge < -0.3 is 4.74 Å². The first-order valence-corrected chi connectivity index (χ1v) is 10.3. The molecular formula is C21H21N5O2S. The van der Waals surface area contributed by atoms with Crippen LogP contribution in [0.1, 0.15) is 25.5 Å². The van der Waals surface area contributed by atoms with Crippen molar-refractivity contribution in [2.75, 3.05) is 6.61 Å². The van der Waals surface area contributed by atoms with Gasteiger partial charge >= 0.3 is 5.56 Å². The summed E-state index contributed by atoms with van der Waals surface area (Å²) in [5.41, 5.74) is 3.11. The van der Waals surface area contributed by atoms with Crippen LogP contribution in [0.25, 0.3) is 16.4 Å². The number of aryl methyl sites for hydroxylation is 1.